The van der Waals surface area contributed by atoms with E-state index in [0.717, 1.165) is 0 Å². The summed E-state index contributed by atoms with van der Waals surface area (Å²) in [4.78, 5) is 0. The van der Waals surface area contributed by atoms with E-state index in [2.05, 4.69) is 122 Å². The van der Waals surface area contributed by atoms with Gasteiger partial charge in [-0.15, -0.1) is 0 Å². The van der Waals surface area contributed by atoms with Crippen LogP contribution >= 0.6 is 0 Å². The van der Waals surface area contributed by atoms with Crippen molar-refractivity contribution in [1.82, 2.24) is 0 Å². The van der Waals surface area contributed by atoms with E-state index in [4.69, 9.17) is 0 Å². The van der Waals surface area contributed by atoms with Crippen LogP contribution in [-0.2, 0) is 6.42 Å². The molecule has 0 N–H and O–H groups in total. The van der Waals surface area contributed by atoms with E-state index < -0.39 is 0 Å². The fourth-order valence-electron chi connectivity index (χ4n) is 7.76. The van der Waals surface area contributed by atoms with Crippen molar-refractivity contribution in [2.75, 3.05) is 0 Å². The van der Waals surface area contributed by atoms with Crippen molar-refractivity contribution in [3.05, 3.63) is 121 Å². The Labute approximate surface area is 294 Å². The fourth-order valence-corrected chi connectivity index (χ4v) is 12.7. The molecule has 0 fully saturated rings. The Bertz CT molecular complexity index is 2600. The second kappa shape index (κ2) is 13.0. The second-order valence-electron chi connectivity index (χ2n) is 13.8. The summed E-state index contributed by atoms with van der Waals surface area (Å²) in [6.45, 7) is 2.30. The molecular weight excluding hydrogens is 710 g/mol. The minimum atomic E-state index is 0.319. The van der Waals surface area contributed by atoms with E-state index in [0.29, 0.717) is 29.0 Å². The molecule has 0 saturated heterocycles. The third-order valence-electron chi connectivity index (χ3n) is 10.4. The van der Waals surface area contributed by atoms with Crippen molar-refractivity contribution >= 4 is 99.9 Å². The van der Waals surface area contributed by atoms with E-state index in [-0.39, 0.29) is 0 Å². The van der Waals surface area contributed by atoms with Gasteiger partial charge < -0.3 is 0 Å². The molecule has 0 aliphatic carbocycles. The topological polar surface area (TPSA) is 0 Å². The molecule has 0 nitrogen and oxygen atoms in total. The van der Waals surface area contributed by atoms with Gasteiger partial charge in [0, 0.05) is 0 Å². The summed E-state index contributed by atoms with van der Waals surface area (Å²) < 4.78 is 6.12. The van der Waals surface area contributed by atoms with Gasteiger partial charge in [0.1, 0.15) is 0 Å². The molecule has 0 unspecified atom stereocenters. The number of fused-ring (bicyclic) bond motifs is 9. The van der Waals surface area contributed by atoms with Crippen LogP contribution in [0.3, 0.4) is 0 Å². The summed E-state index contributed by atoms with van der Waals surface area (Å²) in [6, 6.07) is 44.8. The molecule has 7 aromatic carbocycles. The molecule has 48 heavy (non-hydrogen) atoms. The molecule has 0 amide bonds. The summed E-state index contributed by atoms with van der Waals surface area (Å²) in [5, 5.41) is 14.1. The molecule has 2 heterocycles. The third kappa shape index (κ3) is 5.74. The molecule has 0 atom stereocenters. The summed E-state index contributed by atoms with van der Waals surface area (Å²) in [5.41, 5.74) is 4.08. The molecule has 2 aromatic heterocycles. The van der Waals surface area contributed by atoms with Crippen LogP contribution in [0.25, 0.3) is 82.0 Å². The molecule has 0 spiro atoms. The number of hydrogen-bond donors (Lipinski definition) is 0. The summed E-state index contributed by atoms with van der Waals surface area (Å²) in [6.07, 6.45) is 12.2. The average Bonchev–Trinajstić information content (AvgIpc) is 3.64. The van der Waals surface area contributed by atoms with Crippen LogP contribution in [0.15, 0.2) is 115 Å². The molecule has 0 aliphatic rings. The average molecular weight is 751 g/mol. The SMILES string of the molecule is CCCCCCCCCCc1ccc2cc3c(cc2c1)[se]c1cc2cc4c(cc2cc13)[se]c1cc2cc(-c3ccccc3)ccc2cc14. The molecule has 0 aliphatic heterocycles. The van der Waals surface area contributed by atoms with Crippen molar-refractivity contribution in [3.8, 4) is 11.1 Å². The Morgan fingerprint density at radius 3 is 1.44 bits per heavy atom. The Morgan fingerprint density at radius 2 is 0.854 bits per heavy atom. The van der Waals surface area contributed by atoms with E-state index in [1.807, 2.05) is 0 Å². The normalized spacial score (nSPS) is 12.2. The predicted octanol–water partition coefficient (Wildman–Crippen LogP) is 13.2. The maximum atomic E-state index is 2.52. The zero-order valence-electron chi connectivity index (χ0n) is 27.7. The standard InChI is InChI=1S/C46H40Se2/c1-2-3-4-5-6-7-8-10-13-30-16-17-33-22-39-41-24-37-29-46-42(25-38(37)28-45(41)47-43(39)26-35(33)20-30)40-23-34-19-18-32(31-14-11-9-12-15-31)21-36(34)27-44(40)48-46/h9,11-12,14-29H,2-8,10,13H2,1H3. The molecule has 9 rings (SSSR count). The Hall–Kier alpha value is -3.64. The first-order valence-corrected chi connectivity index (χ1v) is 21.3. The van der Waals surface area contributed by atoms with E-state index in [1.54, 1.807) is 4.26 Å². The Balaban J connectivity index is 1.03. The molecule has 0 bridgehead atoms. The molecule has 9 aromatic rings. The van der Waals surface area contributed by atoms with Crippen LogP contribution in [0.1, 0.15) is 63.9 Å². The van der Waals surface area contributed by atoms with E-state index in [1.165, 1.54) is 141 Å². The van der Waals surface area contributed by atoms with Gasteiger partial charge in [0.15, 0.2) is 0 Å². The van der Waals surface area contributed by atoms with Gasteiger partial charge in [-0.05, 0) is 0 Å². The first kappa shape index (κ1) is 30.4. The number of rotatable bonds is 10. The van der Waals surface area contributed by atoms with Crippen molar-refractivity contribution in [1.29, 1.82) is 0 Å². The minimum absolute atomic E-state index is 0.319. The van der Waals surface area contributed by atoms with Crippen molar-refractivity contribution in [3.63, 3.8) is 0 Å². The summed E-state index contributed by atoms with van der Waals surface area (Å²) in [7, 11) is 0. The second-order valence-corrected chi connectivity index (χ2v) is 18.3. The fraction of sp³-hybridized carbons (Fsp3) is 0.217. The van der Waals surface area contributed by atoms with Crippen molar-refractivity contribution < 1.29 is 0 Å². The number of aryl methyl sites for hydroxylation is 1. The zero-order valence-corrected chi connectivity index (χ0v) is 31.1. The van der Waals surface area contributed by atoms with Gasteiger partial charge in [-0.2, -0.15) is 0 Å². The molecular formula is C46H40Se2. The van der Waals surface area contributed by atoms with Crippen LogP contribution in [0, 0.1) is 0 Å². The van der Waals surface area contributed by atoms with Crippen molar-refractivity contribution in [2.24, 2.45) is 0 Å². The molecule has 0 saturated carbocycles. The number of unbranched alkanes of at least 4 members (excludes halogenated alkanes) is 7. The van der Waals surface area contributed by atoms with Crippen LogP contribution in [0.2, 0.25) is 0 Å². The molecule has 0 radical (unpaired) electrons. The van der Waals surface area contributed by atoms with Crippen LogP contribution in [-0.4, -0.2) is 29.0 Å². The first-order valence-electron chi connectivity index (χ1n) is 17.9. The number of benzene rings is 7. The zero-order chi connectivity index (χ0) is 32.0. The number of hydrogen-bond acceptors (Lipinski definition) is 0. The summed E-state index contributed by atoms with van der Waals surface area (Å²) in [5.74, 6) is 0. The van der Waals surface area contributed by atoms with Crippen LogP contribution < -0.4 is 0 Å². The van der Waals surface area contributed by atoms with Gasteiger partial charge >= 0.3 is 277 Å². The van der Waals surface area contributed by atoms with Gasteiger partial charge in [-0.25, -0.2) is 0 Å². The van der Waals surface area contributed by atoms with Gasteiger partial charge in [-0.1, -0.05) is 19.8 Å². The van der Waals surface area contributed by atoms with Gasteiger partial charge in [0.25, 0.3) is 0 Å². The summed E-state index contributed by atoms with van der Waals surface area (Å²) >= 11 is 0.660. The first-order chi connectivity index (χ1) is 23.7. The molecule has 236 valence electrons. The molecule has 2 heteroatoms. The van der Waals surface area contributed by atoms with Crippen LogP contribution in [0.5, 0.6) is 0 Å². The van der Waals surface area contributed by atoms with Gasteiger partial charge in [0.2, 0.25) is 0 Å². The quantitative estimate of drug-likeness (QED) is 0.0965. The van der Waals surface area contributed by atoms with E-state index >= 15 is 0 Å². The monoisotopic (exact) mass is 752 g/mol. The third-order valence-corrected chi connectivity index (χ3v) is 15.1. The Morgan fingerprint density at radius 1 is 0.375 bits per heavy atom. The van der Waals surface area contributed by atoms with Crippen LogP contribution in [0.4, 0.5) is 0 Å². The predicted molar refractivity (Wildman–Crippen MR) is 215 cm³/mol. The van der Waals surface area contributed by atoms with Gasteiger partial charge in [0.05, 0.1) is 0 Å². The van der Waals surface area contributed by atoms with Gasteiger partial charge in [-0.3, -0.25) is 0 Å². The maximum absolute atomic E-state index is 2.52. The van der Waals surface area contributed by atoms with Crippen molar-refractivity contribution in [2.45, 2.75) is 64.7 Å². The van der Waals surface area contributed by atoms with E-state index in [9.17, 15) is 0 Å². The Kier molecular flexibility index (Phi) is 8.24.